The van der Waals surface area contributed by atoms with E-state index in [4.69, 9.17) is 11.8 Å². The normalized spacial score (nSPS) is 10.6. The van der Waals surface area contributed by atoms with Crippen LogP contribution in [0.1, 0.15) is 1.37 Å². The van der Waals surface area contributed by atoms with E-state index in [0.29, 0.717) is 19.8 Å². The van der Waals surface area contributed by atoms with Gasteiger partial charge < -0.3 is 15.2 Å². The highest BCUT2D eigenvalue weighted by atomic mass is 16.5. The van der Waals surface area contributed by atoms with Gasteiger partial charge in [0, 0.05) is 6.54 Å². The van der Waals surface area contributed by atoms with Crippen LogP contribution in [0.15, 0.2) is 0 Å². The van der Waals surface area contributed by atoms with Crippen molar-refractivity contribution in [1.29, 1.82) is 0 Å². The van der Waals surface area contributed by atoms with Crippen LogP contribution in [0.2, 0.25) is 0 Å². The second kappa shape index (κ2) is 7.39. The third-order valence-electron chi connectivity index (χ3n) is 0.651. The number of nitrogens with two attached hydrogens (primary N) is 1. The maximum atomic E-state index is 9.84. The zero-order valence-corrected chi connectivity index (χ0v) is 5.13. The second-order valence-corrected chi connectivity index (χ2v) is 1.33. The van der Waals surface area contributed by atoms with Gasteiger partial charge in [0.25, 0.3) is 6.45 Å². The number of rotatable bonds is 5. The fourth-order valence-corrected chi connectivity index (χ4v) is 0.328. The molecule has 0 amide bonds. The standard InChI is InChI=1S/C5H11NO3/c6-1-2-8-3-4-9-5-7/h5H,1-4,6H2/i5T. The summed E-state index contributed by atoms with van der Waals surface area (Å²) in [5.41, 5.74) is 5.10. The molecule has 2 N–H and O–H groups in total. The lowest BCUT2D eigenvalue weighted by atomic mass is 10.7. The number of hydrogen-bond acceptors (Lipinski definition) is 4. The molecule has 0 heterocycles. The van der Waals surface area contributed by atoms with Crippen molar-refractivity contribution < 1.29 is 15.6 Å². The predicted molar refractivity (Wildman–Crippen MR) is 31.9 cm³/mol. The fourth-order valence-electron chi connectivity index (χ4n) is 0.328. The van der Waals surface area contributed by atoms with Gasteiger partial charge >= 0.3 is 0 Å². The molecule has 0 aliphatic carbocycles. The Morgan fingerprint density at radius 1 is 1.56 bits per heavy atom. The molecule has 0 aliphatic heterocycles. The Hall–Kier alpha value is -0.610. The first-order valence-electron chi connectivity index (χ1n) is 3.18. The molecule has 0 aliphatic rings. The predicted octanol–water partition coefficient (Wildman–Crippen LogP) is -0.865. The monoisotopic (exact) mass is 135 g/mol. The smallest absolute Gasteiger partial charge is 0.293 e. The molecule has 0 aromatic heterocycles. The van der Waals surface area contributed by atoms with Crippen molar-refractivity contribution in [2.45, 2.75) is 0 Å². The molecule has 0 saturated heterocycles. The Labute approximate surface area is 55.3 Å². The summed E-state index contributed by atoms with van der Waals surface area (Å²) in [6, 6.07) is 0. The summed E-state index contributed by atoms with van der Waals surface area (Å²) in [5, 5.41) is 0. The van der Waals surface area contributed by atoms with Gasteiger partial charge in [-0.05, 0) is 0 Å². The number of hydrogen-bond donors (Lipinski definition) is 1. The minimum absolute atomic E-state index is 0.127. The average Bonchev–Trinajstić information content (AvgIpc) is 1.87. The maximum absolute atomic E-state index is 9.84. The molecule has 0 atom stereocenters. The Morgan fingerprint density at radius 2 is 2.33 bits per heavy atom. The zero-order valence-electron chi connectivity index (χ0n) is 6.13. The van der Waals surface area contributed by atoms with Crippen LogP contribution in [0.25, 0.3) is 0 Å². The lowest BCUT2D eigenvalue weighted by molar-refractivity contribution is -0.130. The summed E-state index contributed by atoms with van der Waals surface area (Å²) in [4.78, 5) is 9.84. The number of carbonyl (C=O) groups excluding carboxylic acids is 1. The van der Waals surface area contributed by atoms with E-state index in [-0.39, 0.29) is 6.61 Å². The van der Waals surface area contributed by atoms with Crippen LogP contribution >= 0.6 is 0 Å². The van der Waals surface area contributed by atoms with E-state index in [9.17, 15) is 4.79 Å². The summed E-state index contributed by atoms with van der Waals surface area (Å²) in [7, 11) is 0. The number of ether oxygens (including phenoxy) is 2. The third kappa shape index (κ3) is 7.39. The van der Waals surface area contributed by atoms with E-state index in [0.717, 1.165) is 0 Å². The van der Waals surface area contributed by atoms with Crippen LogP contribution < -0.4 is 5.73 Å². The van der Waals surface area contributed by atoms with Crippen LogP contribution in [0.4, 0.5) is 0 Å². The molecular formula is C5H11NO3. The first kappa shape index (κ1) is 6.51. The van der Waals surface area contributed by atoms with Crippen molar-refractivity contribution in [2.24, 2.45) is 5.73 Å². The van der Waals surface area contributed by atoms with E-state index in [1.807, 2.05) is 0 Å². The molecule has 54 valence electrons. The van der Waals surface area contributed by atoms with Gasteiger partial charge in [0.1, 0.15) is 6.61 Å². The van der Waals surface area contributed by atoms with E-state index in [1.54, 1.807) is 0 Å². The molecule has 0 spiro atoms. The average molecular weight is 135 g/mol. The van der Waals surface area contributed by atoms with Gasteiger partial charge in [-0.25, -0.2) is 0 Å². The molecule has 9 heavy (non-hydrogen) atoms. The summed E-state index contributed by atoms with van der Waals surface area (Å²) in [5.74, 6) is 0. The first-order valence-corrected chi connectivity index (χ1v) is 2.68. The summed E-state index contributed by atoms with van der Waals surface area (Å²) < 4.78 is 15.4. The van der Waals surface area contributed by atoms with Crippen LogP contribution in [0, 0.1) is 0 Å². The third-order valence-corrected chi connectivity index (χ3v) is 0.651. The Balaban J connectivity index is 2.84. The van der Waals surface area contributed by atoms with Crippen LogP contribution in [0.5, 0.6) is 0 Å². The van der Waals surface area contributed by atoms with Crippen LogP contribution in [-0.4, -0.2) is 32.8 Å². The first-order chi connectivity index (χ1) is 4.77. The minimum atomic E-state index is -1.03. The highest BCUT2D eigenvalue weighted by molar-refractivity contribution is 5.36. The quantitative estimate of drug-likeness (QED) is 0.393. The number of carbonyl (C=O) groups is 1. The van der Waals surface area contributed by atoms with Gasteiger partial charge in [0.2, 0.25) is 0 Å². The van der Waals surface area contributed by atoms with Gasteiger partial charge in [-0.3, -0.25) is 4.79 Å². The Bertz CT molecular complexity index is 98.9. The van der Waals surface area contributed by atoms with Gasteiger partial charge in [-0.1, -0.05) is 0 Å². The highest BCUT2D eigenvalue weighted by Gasteiger charge is 1.84. The van der Waals surface area contributed by atoms with Gasteiger partial charge in [-0.2, -0.15) is 0 Å². The highest BCUT2D eigenvalue weighted by Crippen LogP contribution is 1.72. The van der Waals surface area contributed by atoms with Gasteiger partial charge in [-0.15, -0.1) is 0 Å². The van der Waals surface area contributed by atoms with Gasteiger partial charge in [0.05, 0.1) is 13.2 Å². The molecule has 4 heteroatoms. The molecule has 0 bridgehead atoms. The lowest BCUT2D eigenvalue weighted by Crippen LogP contribution is -2.11. The molecule has 0 unspecified atom stereocenters. The molecule has 0 aromatic rings. The van der Waals surface area contributed by atoms with E-state index in [1.165, 1.54) is 0 Å². The minimum Gasteiger partial charge on any atom is -0.465 e. The van der Waals surface area contributed by atoms with Crippen molar-refractivity contribution in [1.82, 2.24) is 0 Å². The fraction of sp³-hybridized carbons (Fsp3) is 0.800. The lowest BCUT2D eigenvalue weighted by Gasteiger charge is -1.98. The summed E-state index contributed by atoms with van der Waals surface area (Å²) >= 11 is 0. The van der Waals surface area contributed by atoms with Crippen molar-refractivity contribution in [3.8, 4) is 0 Å². The topological polar surface area (TPSA) is 61.5 Å². The molecule has 4 nitrogen and oxygen atoms in total. The second-order valence-electron chi connectivity index (χ2n) is 1.33. The molecular weight excluding hydrogens is 122 g/mol. The summed E-state index contributed by atoms with van der Waals surface area (Å²) in [6.07, 6.45) is -1.03. The largest absolute Gasteiger partial charge is 0.465 e. The molecule has 0 saturated carbocycles. The van der Waals surface area contributed by atoms with E-state index in [2.05, 4.69) is 4.74 Å². The Morgan fingerprint density at radius 3 is 2.89 bits per heavy atom. The van der Waals surface area contributed by atoms with Crippen molar-refractivity contribution in [3.05, 3.63) is 0 Å². The van der Waals surface area contributed by atoms with Crippen LogP contribution in [-0.2, 0) is 14.3 Å². The maximum Gasteiger partial charge on any atom is 0.293 e. The zero-order chi connectivity index (χ0) is 7.82. The van der Waals surface area contributed by atoms with E-state index >= 15 is 0 Å². The molecule has 0 rings (SSSR count). The van der Waals surface area contributed by atoms with Crippen molar-refractivity contribution in [3.63, 3.8) is 0 Å². The molecule has 0 aromatic carbocycles. The van der Waals surface area contributed by atoms with Crippen molar-refractivity contribution >= 4 is 6.45 Å². The summed E-state index contributed by atoms with van der Waals surface area (Å²) in [6.45, 7) is 1.34. The van der Waals surface area contributed by atoms with E-state index < -0.39 is 6.45 Å². The van der Waals surface area contributed by atoms with Crippen molar-refractivity contribution in [2.75, 3.05) is 26.4 Å². The molecule has 0 radical (unpaired) electrons. The van der Waals surface area contributed by atoms with Crippen LogP contribution in [0.3, 0.4) is 0 Å². The Kier molecular flexibility index (Phi) is 5.34. The van der Waals surface area contributed by atoms with Gasteiger partial charge in [0.15, 0.2) is 1.37 Å². The molecule has 0 fully saturated rings. The SMILES string of the molecule is [3H]C(=O)OCCOCCN.